The molecule has 0 unspecified atom stereocenters. The molecule has 0 N–H and O–H groups in total. The number of methoxy groups -OCH3 is 1. The van der Waals surface area contributed by atoms with Crippen LogP contribution in [0.25, 0.3) is 11.3 Å². The third-order valence-electron chi connectivity index (χ3n) is 3.74. The number of rotatable bonds is 4. The van der Waals surface area contributed by atoms with Gasteiger partial charge in [0.05, 0.1) is 19.4 Å². The van der Waals surface area contributed by atoms with Crippen LogP contribution in [0.15, 0.2) is 42.6 Å². The first-order valence-corrected chi connectivity index (χ1v) is 8.28. The zero-order chi connectivity index (χ0) is 16.7. The molecule has 25 heavy (non-hydrogen) atoms. The number of fused-ring (bicyclic) bond motifs is 1. The Morgan fingerprint density at radius 1 is 1.00 bits per heavy atom. The molecular weight excluding hydrogens is 387 g/mol. The Kier molecular flexibility index (Phi) is 11.6. The number of hydrogen-bond donors (Lipinski definition) is 0. The summed E-state index contributed by atoms with van der Waals surface area (Å²) in [6, 6.07) is 12.2. The molecule has 0 saturated heterocycles. The second kappa shape index (κ2) is 12.2. The van der Waals surface area contributed by atoms with E-state index in [1.54, 1.807) is 7.11 Å². The summed E-state index contributed by atoms with van der Waals surface area (Å²) in [5, 5.41) is 0. The van der Waals surface area contributed by atoms with Gasteiger partial charge < -0.3 is 16.9 Å². The molecule has 0 amide bonds. The molecule has 0 fully saturated rings. The molecule has 1 aliphatic rings. The van der Waals surface area contributed by atoms with Crippen molar-refractivity contribution in [3.05, 3.63) is 66.8 Å². The fraction of sp³-hybridized carbons (Fsp3) is 0.333. The molecule has 0 bridgehead atoms. The van der Waals surface area contributed by atoms with Crippen molar-refractivity contribution >= 4 is 11.3 Å². The minimum absolute atomic E-state index is 0. The summed E-state index contributed by atoms with van der Waals surface area (Å²) in [5.41, 5.74) is 4.51. The van der Waals surface area contributed by atoms with E-state index in [0.717, 1.165) is 41.2 Å². The van der Waals surface area contributed by atoms with Gasteiger partial charge in [-0.2, -0.15) is 0 Å². The molecule has 3 nitrogen and oxygen atoms in total. The van der Waals surface area contributed by atoms with Gasteiger partial charge >= 0.3 is 0 Å². The molecule has 1 aromatic carbocycles. The van der Waals surface area contributed by atoms with Crippen molar-refractivity contribution in [2.24, 2.45) is 0 Å². The van der Waals surface area contributed by atoms with Crippen molar-refractivity contribution in [3.63, 3.8) is 0 Å². The van der Waals surface area contributed by atoms with Gasteiger partial charge in [-0.3, -0.25) is 4.98 Å². The van der Waals surface area contributed by atoms with Crippen LogP contribution in [0.5, 0.6) is 5.75 Å². The van der Waals surface area contributed by atoms with Crippen molar-refractivity contribution in [2.45, 2.75) is 33.6 Å². The van der Waals surface area contributed by atoms with Gasteiger partial charge in [-0.25, -0.2) is 0 Å². The maximum absolute atomic E-state index is 5.77. The van der Waals surface area contributed by atoms with Crippen molar-refractivity contribution < 1.29 is 42.2 Å². The van der Waals surface area contributed by atoms with Gasteiger partial charge in [0.1, 0.15) is 11.5 Å². The van der Waals surface area contributed by atoms with Crippen molar-refractivity contribution in [1.82, 2.24) is 4.98 Å². The second-order valence-electron chi connectivity index (χ2n) is 4.94. The Hall–Kier alpha value is -1.19. The average molecular weight is 415 g/mol. The minimum atomic E-state index is 0. The number of para-hydroxylation sites is 1. The van der Waals surface area contributed by atoms with E-state index in [1.807, 2.05) is 51.2 Å². The molecule has 0 spiro atoms. The van der Waals surface area contributed by atoms with E-state index < -0.39 is 0 Å². The monoisotopic (exact) mass is 415 g/mol. The molecule has 3 rings (SSSR count). The molecule has 133 valence electrons. The number of hydrogen-bond acceptors (Lipinski definition) is 3. The smallest absolute Gasteiger partial charge is 0.131 e. The first kappa shape index (κ1) is 23.8. The normalized spacial score (nSPS) is 11.8. The molecule has 1 radical (unpaired) electrons. The van der Waals surface area contributed by atoms with Gasteiger partial charge in [0.2, 0.25) is 0 Å². The van der Waals surface area contributed by atoms with E-state index in [4.69, 9.17) is 9.47 Å². The fourth-order valence-corrected chi connectivity index (χ4v) is 2.85. The third kappa shape index (κ3) is 5.39. The molecule has 0 saturated carbocycles. The van der Waals surface area contributed by atoms with Crippen LogP contribution in [-0.2, 0) is 43.9 Å². The molecule has 2 aromatic rings. The quantitative estimate of drug-likeness (QED) is 0.626. The third-order valence-corrected chi connectivity index (χ3v) is 3.74. The molecule has 4 heteroatoms. The summed E-state index contributed by atoms with van der Waals surface area (Å²) < 4.78 is 11.5. The van der Waals surface area contributed by atoms with E-state index in [2.05, 4.69) is 17.1 Å². The van der Waals surface area contributed by atoms with Crippen molar-refractivity contribution in [2.75, 3.05) is 13.7 Å². The number of ether oxygens (including phenoxy) is 2. The summed E-state index contributed by atoms with van der Waals surface area (Å²) in [4.78, 5) is 4.46. The summed E-state index contributed by atoms with van der Waals surface area (Å²) in [6.45, 7) is 6.66. The standard InChI is InChI=1S/C18H19NO2.C2H6.CH3.Y/c1-3-21-17-9-5-4-7-13(17)14-10-11-16-15(18(14)20-2)8-6-12-19-16;1-2;;/h4-9,12H,3,10-11H2,1-2H3;1-2H3;1H3;/q;;-1;. The Bertz CT molecular complexity index is 683. The number of aryl methyl sites for hydroxylation is 1. The van der Waals surface area contributed by atoms with E-state index in [9.17, 15) is 0 Å². The Balaban J connectivity index is 0.00000139. The van der Waals surface area contributed by atoms with Crippen LogP contribution in [-0.4, -0.2) is 18.7 Å². The number of aromatic nitrogens is 1. The number of nitrogens with zero attached hydrogens (tertiary/aromatic N) is 1. The van der Waals surface area contributed by atoms with Gasteiger partial charge in [-0.05, 0) is 38.0 Å². The zero-order valence-corrected chi connectivity index (χ0v) is 18.8. The van der Waals surface area contributed by atoms with Crippen LogP contribution in [0.3, 0.4) is 0 Å². The molecular formula is C21H28NO2Y-. The van der Waals surface area contributed by atoms with E-state index in [0.29, 0.717) is 6.61 Å². The van der Waals surface area contributed by atoms with Crippen LogP contribution < -0.4 is 4.74 Å². The fourth-order valence-electron chi connectivity index (χ4n) is 2.85. The molecule has 1 aromatic heterocycles. The predicted molar refractivity (Wildman–Crippen MR) is 102 cm³/mol. The van der Waals surface area contributed by atoms with E-state index in [-0.39, 0.29) is 40.1 Å². The first-order chi connectivity index (χ1) is 11.3. The van der Waals surface area contributed by atoms with Gasteiger partial charge in [0.15, 0.2) is 0 Å². The van der Waals surface area contributed by atoms with E-state index >= 15 is 0 Å². The maximum Gasteiger partial charge on any atom is 0.131 e. The van der Waals surface area contributed by atoms with Gasteiger partial charge in [0, 0.05) is 55.6 Å². The van der Waals surface area contributed by atoms with Gasteiger partial charge in [0.25, 0.3) is 0 Å². The van der Waals surface area contributed by atoms with Gasteiger partial charge in [-0.15, -0.1) is 0 Å². The number of allylic oxidation sites excluding steroid dienone is 1. The van der Waals surface area contributed by atoms with Crippen molar-refractivity contribution in [1.29, 1.82) is 0 Å². The molecule has 0 atom stereocenters. The second-order valence-corrected chi connectivity index (χ2v) is 4.94. The Morgan fingerprint density at radius 2 is 1.68 bits per heavy atom. The maximum atomic E-state index is 5.77. The summed E-state index contributed by atoms with van der Waals surface area (Å²) in [6.07, 6.45) is 3.68. The average Bonchev–Trinajstić information content (AvgIpc) is 2.63. The summed E-state index contributed by atoms with van der Waals surface area (Å²) in [7, 11) is 1.72. The van der Waals surface area contributed by atoms with Crippen LogP contribution in [0.1, 0.15) is 44.0 Å². The van der Waals surface area contributed by atoms with Crippen molar-refractivity contribution in [3.8, 4) is 5.75 Å². The molecule has 0 aliphatic heterocycles. The van der Waals surface area contributed by atoms with Crippen LogP contribution in [0.4, 0.5) is 0 Å². The number of benzene rings is 1. The zero-order valence-electron chi connectivity index (χ0n) is 16.0. The summed E-state index contributed by atoms with van der Waals surface area (Å²) in [5.74, 6) is 1.83. The first-order valence-electron chi connectivity index (χ1n) is 8.28. The van der Waals surface area contributed by atoms with Crippen LogP contribution in [0.2, 0.25) is 0 Å². The predicted octanol–water partition coefficient (Wildman–Crippen LogP) is 5.42. The van der Waals surface area contributed by atoms with E-state index in [1.165, 1.54) is 5.57 Å². The van der Waals surface area contributed by atoms with Gasteiger partial charge in [-0.1, -0.05) is 32.0 Å². The minimum Gasteiger partial charge on any atom is -0.496 e. The number of pyridine rings is 1. The molecule has 1 aliphatic carbocycles. The largest absolute Gasteiger partial charge is 0.496 e. The van der Waals surface area contributed by atoms with Crippen LogP contribution in [0, 0.1) is 7.43 Å². The summed E-state index contributed by atoms with van der Waals surface area (Å²) >= 11 is 0. The topological polar surface area (TPSA) is 31.4 Å². The SMILES string of the molecule is CC.CCOc1ccccc1C1=C(OC)c2cccnc2CC1.[CH3-].[Y]. The Morgan fingerprint density at radius 3 is 2.36 bits per heavy atom. The molecule has 1 heterocycles. The Labute approximate surface area is 177 Å². The van der Waals surface area contributed by atoms with Crippen LogP contribution >= 0.6 is 0 Å².